The Morgan fingerprint density at radius 3 is 0.965 bits per heavy atom. The van der Waals surface area contributed by atoms with Crippen LogP contribution in [0.15, 0.2) is 241 Å². The van der Waals surface area contributed by atoms with Crippen molar-refractivity contribution in [1.82, 2.24) is 0 Å². The van der Waals surface area contributed by atoms with E-state index in [1.54, 1.807) is 81.1 Å². The summed E-state index contributed by atoms with van der Waals surface area (Å²) in [5, 5.41) is 71.3. The van der Waals surface area contributed by atoms with Crippen LogP contribution < -0.4 is 20.7 Å². The zero-order valence-corrected chi connectivity index (χ0v) is 90.7. The van der Waals surface area contributed by atoms with Gasteiger partial charge in [-0.05, 0) is 224 Å². The first-order chi connectivity index (χ1) is 66.0. The highest BCUT2D eigenvalue weighted by molar-refractivity contribution is 9.11. The maximum Gasteiger partial charge on any atom is 0.494 e. The van der Waals surface area contributed by atoms with Crippen LogP contribution in [0.25, 0.3) is 0 Å². The van der Waals surface area contributed by atoms with E-state index in [-0.39, 0.29) is 111 Å². The summed E-state index contributed by atoms with van der Waals surface area (Å²) in [5.74, 6) is -0.455. The van der Waals surface area contributed by atoms with E-state index in [9.17, 15) is 86.3 Å². The second-order valence-corrected chi connectivity index (χ2v) is 51.7. The monoisotopic (exact) mass is 2300 g/mol. The van der Waals surface area contributed by atoms with Crippen molar-refractivity contribution in [3.05, 3.63) is 207 Å². The van der Waals surface area contributed by atoms with Crippen molar-refractivity contribution >= 4 is 140 Å². The van der Waals surface area contributed by atoms with Gasteiger partial charge in [-0.25, -0.2) is 50.9 Å². The molecule has 0 aliphatic carbocycles. The zero-order chi connectivity index (χ0) is 104. The molecule has 784 valence electrons. The Labute approximate surface area is 864 Å². The van der Waals surface area contributed by atoms with Crippen LogP contribution in [0, 0.1) is 0 Å². The number of carbonyl (C=O) groups is 1. The number of hydrogen-bond acceptors (Lipinski definition) is 32. The molecule has 0 spiro atoms. The van der Waals surface area contributed by atoms with Gasteiger partial charge in [0.2, 0.25) is 0 Å². The number of aliphatic hydroxyl groups is 6. The van der Waals surface area contributed by atoms with E-state index >= 15 is 0 Å². The average molecular weight is 2300 g/mol. The lowest BCUT2D eigenvalue weighted by Crippen LogP contribution is -2.42. The molecule has 7 aliphatic heterocycles. The molecule has 7 aromatic rings. The highest BCUT2D eigenvalue weighted by atomic mass is 79.9. The predicted octanol–water partition coefficient (Wildman–Crippen LogP) is 14.3. The van der Waals surface area contributed by atoms with Crippen molar-refractivity contribution in [2.24, 2.45) is 5.73 Å². The average Bonchev–Trinajstić information content (AvgIpc) is 1.59. The molecule has 7 aromatic carbocycles. The summed E-state index contributed by atoms with van der Waals surface area (Å²) >= 11 is 15.8. The normalized spacial score (nSPS) is 19.2. The maximum absolute atomic E-state index is 13.1. The van der Waals surface area contributed by atoms with Crippen molar-refractivity contribution in [2.45, 2.75) is 223 Å². The number of sulfone groups is 5. The van der Waals surface area contributed by atoms with E-state index in [0.717, 1.165) is 42.4 Å². The van der Waals surface area contributed by atoms with Gasteiger partial charge >= 0.3 is 13.1 Å². The standard InChI is InChI=1S/C22H31FO7S.C18H27BO6S.C16H22FNO5S.C12H15BrO4S.C12H15BrO2S.C12H16O5S.C6H5BrS.H/c1-21(2,3)30-20(24)9-4-17(14-23)15-29-18-5-7-19(8-6-18)31(26,27)16-22(25)10-12-28-13-11-22;1-16(2)17(3,4)25-19(24-16)14-5-7-15(8-6-14)26(21,22)13-18(20)9-11-23-12-10-18;17-9-13(10-18)11-23-14-1-3-15(4-2-14)24(20,21)12-16(19)5-7-22-8-6-16;13-10-1-3-11(4-2-10)18(15,16)9-12(14)5-7-17-8-6-12;13-10-1-3-11(4-2-10)16-9-12(14)5-7-15-8-6-12;13-10-1-3-11(4-2-10)18(15,16)9-12(14)5-7-17-8-6-12;7-5-1-3-6(8)4-2-5;/h5-8,14,25H,4,9-13,15-16H2,1-3H3;5-8,20H,9-13H2,1-4H3;1-4,9,19H,5-8,10-12,18H2;1-4,14H,5-9H2;1-4,14H,5-9H2;1-4,13-14H,5-9H2;1-4,8H;/q;;;;;;;-1/b17-14+;;13-9+;;;;;/i;;;;;;;1+1. The zero-order valence-electron chi connectivity index (χ0n) is 81.1. The molecule has 0 radical (unpaired) electrons. The van der Waals surface area contributed by atoms with Gasteiger partial charge in [-0.3, -0.25) is 4.79 Å². The summed E-state index contributed by atoms with van der Waals surface area (Å²) in [6, 6.07) is 45.8. The minimum Gasteiger partial charge on any atom is -1.00 e. The van der Waals surface area contributed by atoms with Gasteiger partial charge in [0.05, 0.1) is 111 Å². The van der Waals surface area contributed by atoms with Crippen molar-refractivity contribution < 1.29 is 145 Å². The van der Waals surface area contributed by atoms with Crippen LogP contribution in [-0.2, 0) is 96.4 Å². The summed E-state index contributed by atoms with van der Waals surface area (Å²) < 4.78 is 212. The number of rotatable bonds is 29. The molecule has 0 saturated carbocycles. The molecular weight excluding hydrogens is 2170 g/mol. The third-order valence-electron chi connectivity index (χ3n) is 24.0. The maximum atomic E-state index is 13.1. The van der Waals surface area contributed by atoms with E-state index in [2.05, 4.69) is 72.6 Å². The van der Waals surface area contributed by atoms with Gasteiger partial charge < -0.3 is 94.8 Å². The van der Waals surface area contributed by atoms with Crippen LogP contribution in [0.5, 0.6) is 17.2 Å². The van der Waals surface area contributed by atoms with Crippen LogP contribution in [0.2, 0.25) is 0 Å². The van der Waals surface area contributed by atoms with Crippen molar-refractivity contribution in [1.29, 1.82) is 0 Å². The number of phenols is 1. The fraction of sp³-hybridized carbons (Fsp3) is 0.520. The predicted molar refractivity (Wildman–Crippen MR) is 548 cm³/mol. The van der Waals surface area contributed by atoms with Gasteiger partial charge in [0.15, 0.2) is 49.2 Å². The van der Waals surface area contributed by atoms with Crippen molar-refractivity contribution in [2.75, 3.05) is 134 Å². The van der Waals surface area contributed by atoms with Crippen LogP contribution in [0.4, 0.5) is 8.78 Å². The molecular formula is C98H132BBr3F2NO29S7-. The second-order valence-electron chi connectivity index (χ2n) is 37.5. The largest absolute Gasteiger partial charge is 1.00 e. The summed E-state index contributed by atoms with van der Waals surface area (Å²) in [6.07, 6.45) is 5.65. The number of esters is 1. The van der Waals surface area contributed by atoms with Crippen LogP contribution in [0.1, 0.15) is 140 Å². The summed E-state index contributed by atoms with van der Waals surface area (Å²) in [7, 11) is -18.5. The Kier molecular flexibility index (Phi) is 46.4. The molecule has 7 heterocycles. The number of benzene rings is 7. The Hall–Kier alpha value is -5.90. The fourth-order valence-electron chi connectivity index (χ4n) is 14.6. The first-order valence-corrected chi connectivity index (χ1v) is 57.8. The SMILES string of the molecule is CC(C)(C)OC(=O)CC/C(=C\F)COc1ccc(S(=O)(=O)CC2(O)CCOCC2)cc1.CC1(C)OB(c2ccc(S(=O)(=O)CC3(O)CCOCC3)cc2)OC1(C)C.NC/C(=C\F)COc1ccc(S(=O)(=O)CC2(O)CCOCC2)cc1.O=S(=O)(CC1(O)CCOCC1)c1ccc(Br)cc1.O=S(=O)(CC1(O)CCOCC1)c1ccc(O)cc1.OC1(CSc2ccc(Br)cc2)CCOCC1.Sc1ccc(Br)cc1.[2H-]. The van der Waals surface area contributed by atoms with E-state index < -0.39 is 113 Å². The highest BCUT2D eigenvalue weighted by Gasteiger charge is 2.52. The Morgan fingerprint density at radius 2 is 0.681 bits per heavy atom. The number of phenolic OH excluding ortho intramolecular Hbond substituents is 1. The Bertz CT molecular complexity index is 5600. The molecule has 0 atom stereocenters. The van der Waals surface area contributed by atoms with E-state index in [0.29, 0.717) is 160 Å². The van der Waals surface area contributed by atoms with E-state index in [1.165, 1.54) is 77.7 Å². The highest BCUT2D eigenvalue weighted by Crippen LogP contribution is 2.39. The summed E-state index contributed by atoms with van der Waals surface area (Å²) in [5.41, 5.74) is -1.51. The van der Waals surface area contributed by atoms with Gasteiger partial charge in [-0.1, -0.05) is 59.9 Å². The Morgan fingerprint density at radius 1 is 0.418 bits per heavy atom. The Balaban J connectivity index is 0.000000230. The lowest BCUT2D eigenvalue weighted by Gasteiger charge is -2.32. The lowest BCUT2D eigenvalue weighted by atomic mass is 9.79. The molecule has 14 rings (SSSR count). The smallest absolute Gasteiger partial charge is 0.494 e. The number of halogens is 5. The minimum absolute atomic E-state index is 0. The molecule has 7 fully saturated rings. The summed E-state index contributed by atoms with van der Waals surface area (Å²) in [6.45, 7) is 18.2. The number of ether oxygens (including phenoxy) is 9. The van der Waals surface area contributed by atoms with Crippen molar-refractivity contribution in [3.63, 3.8) is 0 Å². The van der Waals surface area contributed by atoms with E-state index in [4.69, 9.17) is 62.8 Å². The number of nitrogens with two attached hydrogens (primary N) is 1. The summed E-state index contributed by atoms with van der Waals surface area (Å²) in [4.78, 5) is 14.7. The molecule has 43 heteroatoms. The van der Waals surface area contributed by atoms with Crippen LogP contribution >= 0.6 is 72.2 Å². The van der Waals surface area contributed by atoms with Gasteiger partial charge in [-0.15, -0.1) is 24.4 Å². The number of carbonyl (C=O) groups excluding carboxylic acids is 1. The van der Waals surface area contributed by atoms with Crippen molar-refractivity contribution in [3.8, 4) is 17.2 Å². The number of hydrogen-bond donors (Lipinski definition) is 9. The molecule has 7 saturated heterocycles. The number of thiol groups is 1. The first kappa shape index (κ1) is 120. The van der Waals surface area contributed by atoms with Gasteiger partial charge in [0.1, 0.15) is 36.1 Å². The fourth-order valence-corrected chi connectivity index (χ4v) is 25.2. The molecule has 0 unspecified atom stereocenters. The third-order valence-corrected chi connectivity index (χ3v) is 36.7. The number of aromatic hydroxyl groups is 1. The molecule has 7 aliphatic rings. The van der Waals surface area contributed by atoms with E-state index in [1.807, 2.05) is 64.1 Å². The number of thioether (sulfide) groups is 1. The van der Waals surface area contributed by atoms with Gasteiger partial charge in [0.25, 0.3) is 0 Å². The molecule has 0 amide bonds. The molecule has 141 heavy (non-hydrogen) atoms. The van der Waals surface area contributed by atoms with Crippen LogP contribution in [-0.4, -0.2) is 275 Å². The molecule has 9 N–H and O–H groups in total. The van der Waals surface area contributed by atoms with Gasteiger partial charge in [0, 0.05) is 204 Å². The molecule has 0 aromatic heterocycles. The second kappa shape index (κ2) is 54.3. The minimum atomic E-state index is -3.69. The quantitative estimate of drug-likeness (QED) is 0.00910. The van der Waals surface area contributed by atoms with Crippen LogP contribution in [0.3, 0.4) is 0 Å². The first-order valence-electron chi connectivity index (χ1n) is 45.8. The van der Waals surface area contributed by atoms with Gasteiger partial charge in [-0.2, -0.15) is 0 Å². The molecule has 30 nitrogen and oxygen atoms in total. The third kappa shape index (κ3) is 40.9. The topological polar surface area (TPSA) is 457 Å². The molecule has 0 bridgehead atoms. The lowest BCUT2D eigenvalue weighted by molar-refractivity contribution is -0.154.